The van der Waals surface area contributed by atoms with Gasteiger partial charge in [-0.1, -0.05) is 6.07 Å². The Kier molecular flexibility index (Phi) is 3.53. The quantitative estimate of drug-likeness (QED) is 0.911. The lowest BCUT2D eigenvalue weighted by Gasteiger charge is -2.09. The van der Waals surface area contributed by atoms with Crippen LogP contribution in [0.2, 0.25) is 0 Å². The largest absolute Gasteiger partial charge is 0.433 e. The number of hydrogen-bond acceptors (Lipinski definition) is 3. The van der Waals surface area contributed by atoms with E-state index in [1.165, 1.54) is 12.3 Å². The van der Waals surface area contributed by atoms with Crippen LogP contribution in [-0.4, -0.2) is 4.98 Å². The number of ether oxygens (including phenoxy) is 1. The average molecular weight is 250 g/mol. The summed E-state index contributed by atoms with van der Waals surface area (Å²) in [5.74, 6) is -1.85. The van der Waals surface area contributed by atoms with E-state index in [-0.39, 0.29) is 5.88 Å². The molecule has 1 aromatic heterocycles. The standard InChI is InChI=1S/C13H12F2N2O/c1-8-5-12(17-7-9(8)6-16)18-13-10(14)3-2-4-11(13)15/h2-5,7H,6,16H2,1H3. The molecule has 2 N–H and O–H groups in total. The van der Waals surface area contributed by atoms with Crippen LogP contribution in [0.4, 0.5) is 8.78 Å². The van der Waals surface area contributed by atoms with Crippen molar-refractivity contribution in [2.45, 2.75) is 13.5 Å². The molecule has 0 saturated carbocycles. The highest BCUT2D eigenvalue weighted by molar-refractivity contribution is 5.33. The molecular formula is C13H12F2N2O. The topological polar surface area (TPSA) is 48.1 Å². The molecule has 0 spiro atoms. The molecule has 0 fully saturated rings. The highest BCUT2D eigenvalue weighted by atomic mass is 19.1. The Balaban J connectivity index is 2.32. The van der Waals surface area contributed by atoms with Gasteiger partial charge in [0, 0.05) is 18.8 Å². The zero-order valence-corrected chi connectivity index (χ0v) is 9.78. The molecule has 3 nitrogen and oxygen atoms in total. The van der Waals surface area contributed by atoms with Crippen molar-refractivity contribution in [3.8, 4) is 11.6 Å². The van der Waals surface area contributed by atoms with E-state index >= 15 is 0 Å². The minimum atomic E-state index is -0.766. The zero-order chi connectivity index (χ0) is 13.1. The average Bonchev–Trinajstić information content (AvgIpc) is 2.34. The molecule has 1 heterocycles. The summed E-state index contributed by atoms with van der Waals surface area (Å²) in [5.41, 5.74) is 7.22. The monoisotopic (exact) mass is 250 g/mol. The van der Waals surface area contributed by atoms with Crippen molar-refractivity contribution >= 4 is 0 Å². The molecule has 5 heteroatoms. The van der Waals surface area contributed by atoms with Crippen LogP contribution >= 0.6 is 0 Å². The van der Waals surface area contributed by atoms with Gasteiger partial charge in [0.1, 0.15) is 0 Å². The van der Waals surface area contributed by atoms with Crippen LogP contribution in [-0.2, 0) is 6.54 Å². The van der Waals surface area contributed by atoms with E-state index in [9.17, 15) is 8.78 Å². The molecule has 0 unspecified atom stereocenters. The first-order chi connectivity index (χ1) is 8.61. The van der Waals surface area contributed by atoms with Gasteiger partial charge in [0.05, 0.1) is 0 Å². The minimum absolute atomic E-state index is 0.133. The number of benzene rings is 1. The maximum atomic E-state index is 13.4. The molecule has 0 radical (unpaired) electrons. The van der Waals surface area contributed by atoms with Crippen molar-refractivity contribution < 1.29 is 13.5 Å². The summed E-state index contributed by atoms with van der Waals surface area (Å²) in [6.07, 6.45) is 1.53. The predicted molar refractivity (Wildman–Crippen MR) is 63.3 cm³/mol. The molecule has 18 heavy (non-hydrogen) atoms. The maximum absolute atomic E-state index is 13.4. The van der Waals surface area contributed by atoms with Crippen LogP contribution in [0.1, 0.15) is 11.1 Å². The Morgan fingerprint density at radius 2 is 1.94 bits per heavy atom. The van der Waals surface area contributed by atoms with E-state index in [1.807, 2.05) is 6.92 Å². The fourth-order valence-electron chi connectivity index (χ4n) is 1.51. The van der Waals surface area contributed by atoms with Crippen LogP contribution in [0.5, 0.6) is 11.6 Å². The number of aryl methyl sites for hydroxylation is 1. The number of para-hydroxylation sites is 1. The number of rotatable bonds is 3. The van der Waals surface area contributed by atoms with Crippen LogP contribution in [0.15, 0.2) is 30.5 Å². The second kappa shape index (κ2) is 5.10. The lowest BCUT2D eigenvalue weighted by atomic mass is 10.1. The fourth-order valence-corrected chi connectivity index (χ4v) is 1.51. The van der Waals surface area contributed by atoms with Gasteiger partial charge in [-0.3, -0.25) is 0 Å². The van der Waals surface area contributed by atoms with E-state index in [0.717, 1.165) is 23.3 Å². The van der Waals surface area contributed by atoms with E-state index in [0.29, 0.717) is 6.54 Å². The molecule has 2 aromatic rings. The second-order valence-corrected chi connectivity index (χ2v) is 3.81. The number of aromatic nitrogens is 1. The van der Waals surface area contributed by atoms with Crippen LogP contribution in [0, 0.1) is 18.6 Å². The van der Waals surface area contributed by atoms with E-state index in [1.54, 1.807) is 6.07 Å². The van der Waals surface area contributed by atoms with Gasteiger partial charge in [0.2, 0.25) is 11.6 Å². The first-order valence-electron chi connectivity index (χ1n) is 5.39. The van der Waals surface area contributed by atoms with Crippen LogP contribution in [0.25, 0.3) is 0 Å². The van der Waals surface area contributed by atoms with Gasteiger partial charge >= 0.3 is 0 Å². The predicted octanol–water partition coefficient (Wildman–Crippen LogP) is 2.92. The summed E-state index contributed by atoms with van der Waals surface area (Å²) < 4.78 is 31.9. The van der Waals surface area contributed by atoms with E-state index in [2.05, 4.69) is 4.98 Å². The molecule has 0 saturated heterocycles. The summed E-state index contributed by atoms with van der Waals surface area (Å²) >= 11 is 0. The van der Waals surface area contributed by atoms with E-state index < -0.39 is 17.4 Å². The molecule has 0 atom stereocenters. The third-order valence-corrected chi connectivity index (χ3v) is 2.54. The lowest BCUT2D eigenvalue weighted by molar-refractivity contribution is 0.395. The third-order valence-electron chi connectivity index (χ3n) is 2.54. The van der Waals surface area contributed by atoms with Crippen LogP contribution < -0.4 is 10.5 Å². The van der Waals surface area contributed by atoms with Gasteiger partial charge in [-0.05, 0) is 30.2 Å². The molecular weight excluding hydrogens is 238 g/mol. The molecule has 0 aliphatic rings. The number of nitrogens with two attached hydrogens (primary N) is 1. The maximum Gasteiger partial charge on any atom is 0.219 e. The molecule has 2 rings (SSSR count). The van der Waals surface area contributed by atoms with Gasteiger partial charge in [0.25, 0.3) is 0 Å². The SMILES string of the molecule is Cc1cc(Oc2c(F)cccc2F)ncc1CN. The Morgan fingerprint density at radius 1 is 1.28 bits per heavy atom. The molecule has 0 bridgehead atoms. The van der Waals surface area contributed by atoms with E-state index in [4.69, 9.17) is 10.5 Å². The number of hydrogen-bond donors (Lipinski definition) is 1. The Morgan fingerprint density at radius 3 is 2.50 bits per heavy atom. The number of halogens is 2. The Bertz CT molecular complexity index is 553. The molecule has 0 amide bonds. The van der Waals surface area contributed by atoms with Crippen molar-refractivity contribution in [1.82, 2.24) is 4.98 Å². The summed E-state index contributed by atoms with van der Waals surface area (Å²) in [6, 6.07) is 5.11. The second-order valence-electron chi connectivity index (χ2n) is 3.81. The first kappa shape index (κ1) is 12.4. The number of pyridine rings is 1. The molecule has 0 aliphatic carbocycles. The summed E-state index contributed by atoms with van der Waals surface area (Å²) in [4.78, 5) is 3.95. The van der Waals surface area contributed by atoms with Crippen molar-refractivity contribution in [3.63, 3.8) is 0 Å². The summed E-state index contributed by atoms with van der Waals surface area (Å²) in [5, 5.41) is 0. The lowest BCUT2D eigenvalue weighted by Crippen LogP contribution is -2.01. The fraction of sp³-hybridized carbons (Fsp3) is 0.154. The van der Waals surface area contributed by atoms with Crippen molar-refractivity contribution in [2.24, 2.45) is 5.73 Å². The molecule has 0 aliphatic heterocycles. The third kappa shape index (κ3) is 2.46. The van der Waals surface area contributed by atoms with Crippen LogP contribution in [0.3, 0.4) is 0 Å². The van der Waals surface area contributed by atoms with Gasteiger partial charge in [-0.2, -0.15) is 0 Å². The van der Waals surface area contributed by atoms with Crippen molar-refractivity contribution in [2.75, 3.05) is 0 Å². The normalized spacial score (nSPS) is 10.4. The van der Waals surface area contributed by atoms with Crippen molar-refractivity contribution in [1.29, 1.82) is 0 Å². The minimum Gasteiger partial charge on any atom is -0.433 e. The van der Waals surface area contributed by atoms with Gasteiger partial charge < -0.3 is 10.5 Å². The number of nitrogens with zero attached hydrogens (tertiary/aromatic N) is 1. The van der Waals surface area contributed by atoms with Crippen molar-refractivity contribution in [3.05, 3.63) is 53.2 Å². The Hall–Kier alpha value is -2.01. The molecule has 94 valence electrons. The summed E-state index contributed by atoms with van der Waals surface area (Å²) in [7, 11) is 0. The smallest absolute Gasteiger partial charge is 0.219 e. The van der Waals surface area contributed by atoms with Gasteiger partial charge in [-0.25, -0.2) is 13.8 Å². The van der Waals surface area contributed by atoms with Gasteiger partial charge in [-0.15, -0.1) is 0 Å². The first-order valence-corrected chi connectivity index (χ1v) is 5.39. The molecule has 1 aromatic carbocycles. The Labute approximate surface area is 103 Å². The zero-order valence-electron chi connectivity index (χ0n) is 9.78. The highest BCUT2D eigenvalue weighted by Crippen LogP contribution is 2.26. The van der Waals surface area contributed by atoms with Gasteiger partial charge in [0.15, 0.2) is 11.6 Å². The highest BCUT2D eigenvalue weighted by Gasteiger charge is 2.12. The summed E-state index contributed by atoms with van der Waals surface area (Å²) in [6.45, 7) is 2.18.